The van der Waals surface area contributed by atoms with Crippen molar-refractivity contribution in [3.8, 4) is 5.69 Å². The van der Waals surface area contributed by atoms with Crippen LogP contribution in [0.4, 0.5) is 14.9 Å². The van der Waals surface area contributed by atoms with Crippen LogP contribution in [0.2, 0.25) is 0 Å². The molecule has 2 amide bonds. The summed E-state index contributed by atoms with van der Waals surface area (Å²) in [4.78, 5) is 33.0. The number of para-hydroxylation sites is 1. The van der Waals surface area contributed by atoms with Gasteiger partial charge in [-0.2, -0.15) is 0 Å². The highest BCUT2D eigenvalue weighted by Crippen LogP contribution is 2.26. The number of sulfonamides is 1. The lowest BCUT2D eigenvalue weighted by Crippen LogP contribution is -2.33. The van der Waals surface area contributed by atoms with Crippen LogP contribution in [0.3, 0.4) is 0 Å². The molecule has 13 heteroatoms. The smallest absolute Gasteiger partial charge is 0.414 e. The van der Waals surface area contributed by atoms with Gasteiger partial charge in [-0.3, -0.25) is 14.7 Å². The fourth-order valence-electron chi connectivity index (χ4n) is 4.10. The molecular weight excluding hydrogens is 515 g/mol. The quantitative estimate of drug-likeness (QED) is 0.352. The Labute approximate surface area is 217 Å². The van der Waals surface area contributed by atoms with E-state index in [1.54, 1.807) is 30.3 Å². The SMILES string of the molecule is CC(=O)NCC1CN(c2ccc(-n3cnc(CNS(=O)(=O)c4cccc5cccnc45)c3)c(F)c2)C(=O)O1. The van der Waals surface area contributed by atoms with E-state index < -0.39 is 28.0 Å². The van der Waals surface area contributed by atoms with Crippen molar-refractivity contribution in [2.75, 3.05) is 18.0 Å². The maximum absolute atomic E-state index is 15.0. The van der Waals surface area contributed by atoms with Crippen LogP contribution in [0.15, 0.2) is 72.1 Å². The maximum Gasteiger partial charge on any atom is 0.414 e. The fraction of sp³-hybridized carbons (Fsp3) is 0.200. The summed E-state index contributed by atoms with van der Waals surface area (Å²) in [6.07, 6.45) is 3.23. The molecule has 1 aliphatic rings. The first-order valence-corrected chi connectivity index (χ1v) is 13.1. The van der Waals surface area contributed by atoms with E-state index in [0.29, 0.717) is 22.3 Å². The number of aromatic nitrogens is 3. The number of hydrogen-bond donors (Lipinski definition) is 2. The topological polar surface area (TPSA) is 136 Å². The molecule has 5 rings (SSSR count). The zero-order chi connectivity index (χ0) is 26.9. The van der Waals surface area contributed by atoms with E-state index >= 15 is 4.39 Å². The summed E-state index contributed by atoms with van der Waals surface area (Å²) in [5, 5.41) is 3.29. The minimum Gasteiger partial charge on any atom is -0.442 e. The van der Waals surface area contributed by atoms with Gasteiger partial charge in [0, 0.05) is 24.7 Å². The number of anilines is 1. The molecule has 1 saturated heterocycles. The normalized spacial score (nSPS) is 15.6. The molecule has 2 aromatic carbocycles. The van der Waals surface area contributed by atoms with Crippen molar-refractivity contribution in [1.82, 2.24) is 24.6 Å². The van der Waals surface area contributed by atoms with Crippen LogP contribution in [0.1, 0.15) is 12.6 Å². The Morgan fingerprint density at radius 1 is 1.18 bits per heavy atom. The first-order valence-electron chi connectivity index (χ1n) is 11.6. The van der Waals surface area contributed by atoms with E-state index in [4.69, 9.17) is 4.74 Å². The number of carbonyl (C=O) groups excluding carboxylic acids is 2. The van der Waals surface area contributed by atoms with E-state index in [1.807, 2.05) is 0 Å². The van der Waals surface area contributed by atoms with Crippen LogP contribution in [-0.2, 0) is 26.1 Å². The highest BCUT2D eigenvalue weighted by molar-refractivity contribution is 7.89. The number of amides is 2. The Bertz CT molecular complexity index is 1640. The average Bonchev–Trinajstić information content (AvgIpc) is 3.52. The molecule has 11 nitrogen and oxygen atoms in total. The largest absolute Gasteiger partial charge is 0.442 e. The van der Waals surface area contributed by atoms with Gasteiger partial charge >= 0.3 is 6.09 Å². The first-order chi connectivity index (χ1) is 18.2. The number of halogens is 1. The Morgan fingerprint density at radius 3 is 2.79 bits per heavy atom. The maximum atomic E-state index is 15.0. The van der Waals surface area contributed by atoms with E-state index in [1.165, 1.54) is 53.3 Å². The van der Waals surface area contributed by atoms with Crippen LogP contribution in [0.25, 0.3) is 16.6 Å². The van der Waals surface area contributed by atoms with Crippen molar-refractivity contribution in [1.29, 1.82) is 0 Å². The minimum atomic E-state index is -3.89. The van der Waals surface area contributed by atoms with Crippen LogP contribution in [0.5, 0.6) is 0 Å². The molecule has 0 bridgehead atoms. The molecule has 3 heterocycles. The molecule has 1 atom stereocenters. The second kappa shape index (κ2) is 10.2. The number of fused-ring (bicyclic) bond motifs is 1. The third-order valence-electron chi connectivity index (χ3n) is 5.94. The van der Waals surface area contributed by atoms with Gasteiger partial charge in [0.05, 0.1) is 48.5 Å². The number of cyclic esters (lactones) is 1. The molecule has 1 fully saturated rings. The third-order valence-corrected chi connectivity index (χ3v) is 7.37. The summed E-state index contributed by atoms with van der Waals surface area (Å²) < 4.78 is 50.0. The predicted molar refractivity (Wildman–Crippen MR) is 136 cm³/mol. The number of ether oxygens (including phenoxy) is 1. The van der Waals surface area contributed by atoms with E-state index in [9.17, 15) is 18.0 Å². The Balaban J connectivity index is 1.28. The molecular formula is C25H23FN6O5S. The zero-order valence-corrected chi connectivity index (χ0v) is 21.0. The summed E-state index contributed by atoms with van der Waals surface area (Å²) >= 11 is 0. The standard InChI is InChI=1S/C25H23FN6O5S/c1-16(33)28-12-20-14-32(25(34)37-20)19-7-8-22(21(26)10-19)31-13-18(29-15-31)11-30-38(35,36)23-6-2-4-17-5-3-9-27-24(17)23/h2-10,13,15,20,30H,11-12,14H2,1H3,(H,28,33). The lowest BCUT2D eigenvalue weighted by molar-refractivity contribution is -0.119. The Morgan fingerprint density at radius 2 is 2.00 bits per heavy atom. The van der Waals surface area contributed by atoms with Crippen LogP contribution >= 0.6 is 0 Å². The number of imidazole rings is 1. The number of benzene rings is 2. The molecule has 0 spiro atoms. The number of carbonyl (C=O) groups is 2. The second-order valence-electron chi connectivity index (χ2n) is 8.62. The molecule has 1 aliphatic heterocycles. The summed E-state index contributed by atoms with van der Waals surface area (Å²) in [6, 6.07) is 12.7. The zero-order valence-electron chi connectivity index (χ0n) is 20.2. The summed E-state index contributed by atoms with van der Waals surface area (Å²) in [5.74, 6) is -0.861. The van der Waals surface area contributed by atoms with Crippen molar-refractivity contribution in [2.24, 2.45) is 0 Å². The second-order valence-corrected chi connectivity index (χ2v) is 10.4. The fourth-order valence-corrected chi connectivity index (χ4v) is 5.27. The molecule has 0 aliphatic carbocycles. The molecule has 4 aromatic rings. The number of pyridine rings is 1. The van der Waals surface area contributed by atoms with Crippen LogP contribution < -0.4 is 14.9 Å². The van der Waals surface area contributed by atoms with Crippen LogP contribution in [0, 0.1) is 5.82 Å². The van der Waals surface area contributed by atoms with Gasteiger partial charge in [0.2, 0.25) is 15.9 Å². The van der Waals surface area contributed by atoms with E-state index in [0.717, 1.165) is 0 Å². The van der Waals surface area contributed by atoms with Crippen molar-refractivity contribution in [3.05, 3.63) is 78.8 Å². The van der Waals surface area contributed by atoms with Gasteiger partial charge in [0.15, 0.2) is 0 Å². The molecule has 0 radical (unpaired) electrons. The lowest BCUT2D eigenvalue weighted by atomic mass is 10.2. The molecule has 2 N–H and O–H groups in total. The van der Waals surface area contributed by atoms with Crippen LogP contribution in [-0.4, -0.2) is 54.1 Å². The summed E-state index contributed by atoms with van der Waals surface area (Å²) in [6.45, 7) is 1.57. The first kappa shape index (κ1) is 25.3. The van der Waals surface area contributed by atoms with Crippen molar-refractivity contribution in [2.45, 2.75) is 24.5 Å². The Kier molecular flexibility index (Phi) is 6.78. The van der Waals surface area contributed by atoms with Gasteiger partial charge in [-0.15, -0.1) is 0 Å². The van der Waals surface area contributed by atoms with Gasteiger partial charge in [0.1, 0.15) is 16.8 Å². The van der Waals surface area contributed by atoms with Gasteiger partial charge in [0.25, 0.3) is 0 Å². The van der Waals surface area contributed by atoms with Gasteiger partial charge in [-0.1, -0.05) is 18.2 Å². The van der Waals surface area contributed by atoms with Crippen molar-refractivity contribution in [3.63, 3.8) is 0 Å². The molecule has 1 unspecified atom stereocenters. The highest BCUT2D eigenvalue weighted by Gasteiger charge is 2.32. The average molecular weight is 539 g/mol. The number of nitrogens with one attached hydrogen (secondary N) is 2. The lowest BCUT2D eigenvalue weighted by Gasteiger charge is -2.14. The Hall–Kier alpha value is -4.36. The molecule has 0 saturated carbocycles. The molecule has 38 heavy (non-hydrogen) atoms. The predicted octanol–water partition coefficient (Wildman–Crippen LogP) is 2.50. The number of nitrogens with zero attached hydrogens (tertiary/aromatic N) is 4. The summed E-state index contributed by atoms with van der Waals surface area (Å²) in [5.41, 5.74) is 1.20. The third kappa shape index (κ3) is 5.19. The van der Waals surface area contributed by atoms with Crippen molar-refractivity contribution < 1.29 is 27.1 Å². The van der Waals surface area contributed by atoms with Gasteiger partial charge in [-0.25, -0.2) is 27.3 Å². The number of hydrogen-bond acceptors (Lipinski definition) is 7. The summed E-state index contributed by atoms with van der Waals surface area (Å²) in [7, 11) is -3.89. The van der Waals surface area contributed by atoms with E-state index in [2.05, 4.69) is 20.0 Å². The van der Waals surface area contributed by atoms with Gasteiger partial charge < -0.3 is 14.6 Å². The molecule has 2 aromatic heterocycles. The van der Waals surface area contributed by atoms with E-state index in [-0.39, 0.29) is 36.1 Å². The number of rotatable bonds is 8. The highest BCUT2D eigenvalue weighted by atomic mass is 32.2. The van der Waals surface area contributed by atoms with Gasteiger partial charge in [-0.05, 0) is 30.3 Å². The monoisotopic (exact) mass is 538 g/mol. The van der Waals surface area contributed by atoms with Crippen molar-refractivity contribution >= 4 is 38.6 Å². The molecule has 196 valence electrons. The minimum absolute atomic E-state index is 0.0522.